The highest BCUT2D eigenvalue weighted by Gasteiger charge is 2.21. The van der Waals surface area contributed by atoms with Gasteiger partial charge in [-0.1, -0.05) is 11.6 Å². The second-order valence-corrected chi connectivity index (χ2v) is 6.99. The van der Waals surface area contributed by atoms with Crippen LogP contribution >= 0.6 is 0 Å². The first-order valence-corrected chi connectivity index (χ1v) is 9.95. The summed E-state index contributed by atoms with van der Waals surface area (Å²) < 4.78 is 5.49. The van der Waals surface area contributed by atoms with Crippen molar-refractivity contribution in [1.82, 2.24) is 10.2 Å². The van der Waals surface area contributed by atoms with Crippen LogP contribution in [0, 0.1) is 0 Å². The Labute approximate surface area is 157 Å². The topological polar surface area (TPSA) is 44.8 Å². The Balaban J connectivity index is 1.39. The molecule has 1 aliphatic heterocycles. The van der Waals surface area contributed by atoms with E-state index in [2.05, 4.69) is 28.4 Å². The lowest BCUT2D eigenvalue weighted by molar-refractivity contribution is 0.194. The molecule has 0 radical (unpaired) electrons. The van der Waals surface area contributed by atoms with Crippen molar-refractivity contribution in [3.8, 4) is 5.75 Å². The highest BCUT2D eigenvalue weighted by Crippen LogP contribution is 2.21. The normalized spacial score (nSPS) is 17.7. The SMILES string of the molecule is CCOc1ccc(N2CCN(C(=O)NCCC3=CCCCC3)CC2)cc1. The first-order chi connectivity index (χ1) is 12.8. The first kappa shape index (κ1) is 18.6. The average molecular weight is 357 g/mol. The lowest BCUT2D eigenvalue weighted by atomic mass is 9.97. The van der Waals surface area contributed by atoms with Gasteiger partial charge < -0.3 is 19.9 Å². The van der Waals surface area contributed by atoms with Gasteiger partial charge in [-0.3, -0.25) is 0 Å². The van der Waals surface area contributed by atoms with Crippen molar-refractivity contribution in [1.29, 1.82) is 0 Å². The van der Waals surface area contributed by atoms with Crippen LogP contribution in [-0.4, -0.2) is 50.3 Å². The van der Waals surface area contributed by atoms with E-state index in [-0.39, 0.29) is 6.03 Å². The molecule has 0 atom stereocenters. The highest BCUT2D eigenvalue weighted by atomic mass is 16.5. The standard InChI is InChI=1S/C21H31N3O2/c1-2-26-20-10-8-19(9-11-20)23-14-16-24(17-15-23)21(25)22-13-12-18-6-4-3-5-7-18/h6,8-11H,2-5,7,12-17H2,1H3,(H,22,25). The van der Waals surface area contributed by atoms with E-state index in [1.165, 1.54) is 36.9 Å². The number of urea groups is 1. The lowest BCUT2D eigenvalue weighted by Gasteiger charge is -2.36. The molecule has 26 heavy (non-hydrogen) atoms. The van der Waals surface area contributed by atoms with Crippen molar-refractivity contribution in [2.45, 2.75) is 39.0 Å². The fraction of sp³-hybridized carbons (Fsp3) is 0.571. The number of hydrogen-bond donors (Lipinski definition) is 1. The number of allylic oxidation sites excluding steroid dienone is 1. The first-order valence-electron chi connectivity index (χ1n) is 9.95. The maximum Gasteiger partial charge on any atom is 0.317 e. The van der Waals surface area contributed by atoms with Gasteiger partial charge in [0, 0.05) is 38.4 Å². The van der Waals surface area contributed by atoms with Gasteiger partial charge in [0.2, 0.25) is 0 Å². The lowest BCUT2D eigenvalue weighted by Crippen LogP contribution is -2.52. The summed E-state index contributed by atoms with van der Waals surface area (Å²) in [7, 11) is 0. The number of piperazine rings is 1. The molecule has 5 nitrogen and oxygen atoms in total. The number of anilines is 1. The molecule has 142 valence electrons. The van der Waals surface area contributed by atoms with Gasteiger partial charge >= 0.3 is 6.03 Å². The van der Waals surface area contributed by atoms with Crippen LogP contribution in [0.4, 0.5) is 10.5 Å². The second-order valence-electron chi connectivity index (χ2n) is 6.99. The third kappa shape index (κ3) is 5.16. The van der Waals surface area contributed by atoms with Gasteiger partial charge in [-0.15, -0.1) is 0 Å². The Morgan fingerprint density at radius 3 is 2.54 bits per heavy atom. The smallest absolute Gasteiger partial charge is 0.317 e. The van der Waals surface area contributed by atoms with Gasteiger partial charge in [-0.05, 0) is 63.3 Å². The van der Waals surface area contributed by atoms with E-state index in [0.29, 0.717) is 6.61 Å². The molecule has 1 heterocycles. The number of hydrogen-bond acceptors (Lipinski definition) is 3. The maximum absolute atomic E-state index is 12.4. The van der Waals surface area contributed by atoms with E-state index in [1.807, 2.05) is 24.0 Å². The zero-order chi connectivity index (χ0) is 18.2. The van der Waals surface area contributed by atoms with E-state index < -0.39 is 0 Å². The molecule has 1 N–H and O–H groups in total. The Bertz CT molecular complexity index is 604. The van der Waals surface area contributed by atoms with Crippen LogP contribution in [0.3, 0.4) is 0 Å². The molecule has 1 saturated heterocycles. The molecule has 1 aromatic carbocycles. The summed E-state index contributed by atoms with van der Waals surface area (Å²) in [5.74, 6) is 0.905. The predicted molar refractivity (Wildman–Crippen MR) is 106 cm³/mol. The molecule has 1 fully saturated rings. The molecular formula is C21H31N3O2. The van der Waals surface area contributed by atoms with Crippen LogP contribution < -0.4 is 15.0 Å². The highest BCUT2D eigenvalue weighted by molar-refractivity contribution is 5.74. The van der Waals surface area contributed by atoms with Crippen molar-refractivity contribution in [2.75, 3.05) is 44.2 Å². The fourth-order valence-corrected chi connectivity index (χ4v) is 3.66. The molecule has 2 aliphatic rings. The van der Waals surface area contributed by atoms with Crippen LogP contribution in [0.5, 0.6) is 5.75 Å². The summed E-state index contributed by atoms with van der Waals surface area (Å²) >= 11 is 0. The van der Waals surface area contributed by atoms with Crippen molar-refractivity contribution < 1.29 is 9.53 Å². The molecule has 0 aromatic heterocycles. The van der Waals surface area contributed by atoms with E-state index in [1.54, 1.807) is 0 Å². The summed E-state index contributed by atoms with van der Waals surface area (Å²) in [6, 6.07) is 8.29. The molecule has 0 unspecified atom stereocenters. The van der Waals surface area contributed by atoms with E-state index in [9.17, 15) is 4.79 Å². The van der Waals surface area contributed by atoms with Crippen LogP contribution in [0.25, 0.3) is 0 Å². The molecule has 1 aliphatic carbocycles. The number of nitrogens with zero attached hydrogens (tertiary/aromatic N) is 2. The second kappa shape index (κ2) is 9.51. The third-order valence-corrected chi connectivity index (χ3v) is 5.19. The minimum Gasteiger partial charge on any atom is -0.494 e. The average Bonchev–Trinajstić information content (AvgIpc) is 2.70. The van der Waals surface area contributed by atoms with Crippen molar-refractivity contribution in [3.05, 3.63) is 35.9 Å². The van der Waals surface area contributed by atoms with E-state index >= 15 is 0 Å². The molecule has 5 heteroatoms. The summed E-state index contributed by atoms with van der Waals surface area (Å²) in [6.45, 7) is 6.70. The van der Waals surface area contributed by atoms with E-state index in [4.69, 9.17) is 4.74 Å². The Hall–Kier alpha value is -2.17. The Morgan fingerprint density at radius 2 is 1.88 bits per heavy atom. The summed E-state index contributed by atoms with van der Waals surface area (Å²) in [5.41, 5.74) is 2.70. The zero-order valence-electron chi connectivity index (χ0n) is 15.9. The largest absolute Gasteiger partial charge is 0.494 e. The van der Waals surface area contributed by atoms with Crippen LogP contribution in [0.2, 0.25) is 0 Å². The molecule has 2 amide bonds. The van der Waals surface area contributed by atoms with Gasteiger partial charge in [0.25, 0.3) is 0 Å². The molecule has 0 bridgehead atoms. The number of rotatable bonds is 6. The minimum absolute atomic E-state index is 0.0766. The van der Waals surface area contributed by atoms with Crippen LogP contribution in [0.1, 0.15) is 39.0 Å². The molecular weight excluding hydrogens is 326 g/mol. The van der Waals surface area contributed by atoms with Crippen molar-refractivity contribution >= 4 is 11.7 Å². The molecule has 1 aromatic rings. The maximum atomic E-state index is 12.4. The van der Waals surface area contributed by atoms with Crippen LogP contribution in [-0.2, 0) is 0 Å². The molecule has 3 rings (SSSR count). The molecule has 0 saturated carbocycles. The number of carbonyl (C=O) groups excluding carboxylic acids is 1. The van der Waals surface area contributed by atoms with Gasteiger partial charge in [0.05, 0.1) is 6.61 Å². The predicted octanol–water partition coefficient (Wildman–Crippen LogP) is 3.81. The summed E-state index contributed by atoms with van der Waals surface area (Å²) in [4.78, 5) is 16.6. The van der Waals surface area contributed by atoms with E-state index in [0.717, 1.165) is 44.9 Å². The number of nitrogens with one attached hydrogen (secondary N) is 1. The van der Waals surface area contributed by atoms with Crippen molar-refractivity contribution in [3.63, 3.8) is 0 Å². The minimum atomic E-state index is 0.0766. The Kier molecular flexibility index (Phi) is 6.81. The number of amides is 2. The van der Waals surface area contributed by atoms with Gasteiger partial charge in [-0.2, -0.15) is 0 Å². The number of benzene rings is 1. The van der Waals surface area contributed by atoms with Crippen molar-refractivity contribution in [2.24, 2.45) is 0 Å². The summed E-state index contributed by atoms with van der Waals surface area (Å²) in [5, 5.41) is 3.09. The third-order valence-electron chi connectivity index (χ3n) is 5.19. The zero-order valence-corrected chi connectivity index (χ0v) is 15.9. The molecule has 0 spiro atoms. The summed E-state index contributed by atoms with van der Waals surface area (Å²) in [6.07, 6.45) is 8.37. The van der Waals surface area contributed by atoms with Gasteiger partial charge in [0.15, 0.2) is 0 Å². The quantitative estimate of drug-likeness (QED) is 0.788. The Morgan fingerprint density at radius 1 is 1.12 bits per heavy atom. The number of ether oxygens (including phenoxy) is 1. The van der Waals surface area contributed by atoms with Gasteiger partial charge in [-0.25, -0.2) is 4.79 Å². The van der Waals surface area contributed by atoms with Crippen LogP contribution in [0.15, 0.2) is 35.9 Å². The van der Waals surface area contributed by atoms with Gasteiger partial charge in [0.1, 0.15) is 5.75 Å². The monoisotopic (exact) mass is 357 g/mol. The fourth-order valence-electron chi connectivity index (χ4n) is 3.66. The number of carbonyl (C=O) groups is 1.